The molecule has 0 aromatic heterocycles. The van der Waals surface area contributed by atoms with Gasteiger partial charge in [0.25, 0.3) is 0 Å². The van der Waals surface area contributed by atoms with Crippen molar-refractivity contribution >= 4 is 11.9 Å². The number of nitrogens with zero attached hydrogens (tertiary/aromatic N) is 1. The lowest BCUT2D eigenvalue weighted by Gasteiger charge is -2.25. The fraction of sp³-hybridized carbons (Fsp3) is 0.692. The molecular weight excluding hydrogens is 234 g/mol. The first-order valence-corrected chi connectivity index (χ1v) is 6.18. The molecule has 0 N–H and O–H groups in total. The predicted molar refractivity (Wildman–Crippen MR) is 65.6 cm³/mol. The van der Waals surface area contributed by atoms with Crippen LogP contribution in [0.3, 0.4) is 0 Å². The molecule has 18 heavy (non-hydrogen) atoms. The first kappa shape index (κ1) is 14.5. The van der Waals surface area contributed by atoms with Gasteiger partial charge in [0, 0.05) is 0 Å². The maximum Gasteiger partial charge on any atom is 0.323 e. The van der Waals surface area contributed by atoms with Gasteiger partial charge in [-0.1, -0.05) is 5.92 Å². The Labute approximate surface area is 107 Å². The van der Waals surface area contributed by atoms with E-state index < -0.39 is 12.1 Å². The van der Waals surface area contributed by atoms with Crippen LogP contribution in [0.25, 0.3) is 0 Å². The van der Waals surface area contributed by atoms with Crippen molar-refractivity contribution in [3.05, 3.63) is 0 Å². The molecule has 0 spiro atoms. The van der Waals surface area contributed by atoms with Crippen molar-refractivity contribution in [1.82, 2.24) is 4.90 Å². The minimum Gasteiger partial charge on any atom is -0.465 e. The summed E-state index contributed by atoms with van der Waals surface area (Å²) >= 11 is 0. The summed E-state index contributed by atoms with van der Waals surface area (Å²) in [5.74, 6) is 1.83. The van der Waals surface area contributed by atoms with Crippen LogP contribution in [0.2, 0.25) is 0 Å². The van der Waals surface area contributed by atoms with Gasteiger partial charge in [-0.2, -0.15) is 0 Å². The van der Waals surface area contributed by atoms with E-state index in [1.807, 2.05) is 0 Å². The van der Waals surface area contributed by atoms with Crippen LogP contribution >= 0.6 is 0 Å². The summed E-state index contributed by atoms with van der Waals surface area (Å²) in [6, 6.07) is -0.870. The van der Waals surface area contributed by atoms with Gasteiger partial charge in [0.1, 0.15) is 12.1 Å². The van der Waals surface area contributed by atoms with Crippen molar-refractivity contribution in [3.8, 4) is 12.3 Å². The third kappa shape index (κ3) is 3.23. The molecule has 0 radical (unpaired) electrons. The Morgan fingerprint density at radius 2 is 1.61 bits per heavy atom. The molecule has 0 unspecified atom stereocenters. The van der Waals surface area contributed by atoms with Gasteiger partial charge in [-0.3, -0.25) is 14.5 Å². The molecule has 5 nitrogen and oxygen atoms in total. The molecule has 5 heteroatoms. The SMILES string of the molecule is C#CCN1[C@@H](C(=O)OCC)CC[C@H]1C(=O)OCC. The highest BCUT2D eigenvalue weighted by Crippen LogP contribution is 2.25. The fourth-order valence-electron chi connectivity index (χ4n) is 2.17. The van der Waals surface area contributed by atoms with E-state index in [9.17, 15) is 9.59 Å². The Hall–Kier alpha value is -1.54. The van der Waals surface area contributed by atoms with Crippen LogP contribution in [-0.2, 0) is 19.1 Å². The first-order valence-electron chi connectivity index (χ1n) is 6.18. The van der Waals surface area contributed by atoms with E-state index in [0.717, 1.165) is 0 Å². The molecule has 1 rings (SSSR count). The van der Waals surface area contributed by atoms with Gasteiger partial charge < -0.3 is 9.47 Å². The van der Waals surface area contributed by atoms with Gasteiger partial charge in [0.2, 0.25) is 0 Å². The van der Waals surface area contributed by atoms with Gasteiger partial charge >= 0.3 is 11.9 Å². The smallest absolute Gasteiger partial charge is 0.323 e. The van der Waals surface area contributed by atoms with E-state index >= 15 is 0 Å². The van der Waals surface area contributed by atoms with E-state index in [4.69, 9.17) is 15.9 Å². The number of ether oxygens (including phenoxy) is 2. The van der Waals surface area contributed by atoms with Crippen LogP contribution in [0.4, 0.5) is 0 Å². The minimum atomic E-state index is -0.435. The average molecular weight is 253 g/mol. The molecule has 0 bridgehead atoms. The Morgan fingerprint density at radius 3 is 1.94 bits per heavy atom. The van der Waals surface area contributed by atoms with E-state index in [1.54, 1.807) is 18.7 Å². The second-order valence-corrected chi connectivity index (χ2v) is 3.99. The summed E-state index contributed by atoms with van der Waals surface area (Å²) in [5, 5.41) is 0. The number of carbonyl (C=O) groups is 2. The molecular formula is C13H19NO4. The van der Waals surface area contributed by atoms with Crippen LogP contribution in [-0.4, -0.2) is 48.7 Å². The Balaban J connectivity index is 2.75. The van der Waals surface area contributed by atoms with Crippen molar-refractivity contribution in [3.63, 3.8) is 0 Å². The zero-order valence-electron chi connectivity index (χ0n) is 10.8. The van der Waals surface area contributed by atoms with Gasteiger partial charge in [-0.15, -0.1) is 6.42 Å². The molecule has 1 heterocycles. The quantitative estimate of drug-likeness (QED) is 0.530. The number of hydrogen-bond acceptors (Lipinski definition) is 5. The van der Waals surface area contributed by atoms with Crippen molar-refractivity contribution < 1.29 is 19.1 Å². The van der Waals surface area contributed by atoms with Crippen molar-refractivity contribution in [2.75, 3.05) is 19.8 Å². The Morgan fingerprint density at radius 1 is 1.17 bits per heavy atom. The highest BCUT2D eigenvalue weighted by molar-refractivity contribution is 5.81. The number of esters is 2. The van der Waals surface area contributed by atoms with E-state index in [1.165, 1.54) is 0 Å². The summed E-state index contributed by atoms with van der Waals surface area (Å²) in [6.45, 7) is 4.39. The van der Waals surface area contributed by atoms with Crippen molar-refractivity contribution in [2.24, 2.45) is 0 Å². The lowest BCUT2D eigenvalue weighted by Crippen LogP contribution is -2.45. The molecule has 1 fully saturated rings. The van der Waals surface area contributed by atoms with Gasteiger partial charge in [0.05, 0.1) is 19.8 Å². The number of carbonyl (C=O) groups excluding carboxylic acids is 2. The highest BCUT2D eigenvalue weighted by Gasteiger charge is 2.42. The minimum absolute atomic E-state index is 0.243. The van der Waals surface area contributed by atoms with Crippen LogP contribution in [0, 0.1) is 12.3 Å². The summed E-state index contributed by atoms with van der Waals surface area (Å²) in [7, 11) is 0. The summed E-state index contributed by atoms with van der Waals surface area (Å²) in [5.41, 5.74) is 0. The number of rotatable bonds is 5. The molecule has 0 amide bonds. The van der Waals surface area contributed by atoms with Crippen molar-refractivity contribution in [2.45, 2.75) is 38.8 Å². The van der Waals surface area contributed by atoms with Crippen LogP contribution < -0.4 is 0 Å². The molecule has 1 saturated heterocycles. The Bertz CT molecular complexity index is 321. The van der Waals surface area contributed by atoms with Crippen LogP contribution in [0.1, 0.15) is 26.7 Å². The molecule has 0 aliphatic carbocycles. The average Bonchev–Trinajstić information content (AvgIpc) is 2.74. The maximum atomic E-state index is 11.8. The zero-order chi connectivity index (χ0) is 13.5. The zero-order valence-corrected chi connectivity index (χ0v) is 10.8. The standard InChI is InChI=1S/C13H19NO4/c1-4-9-14-10(12(15)17-5-2)7-8-11(14)13(16)18-6-3/h1,10-11H,5-9H2,2-3H3/t10-,11+. The topological polar surface area (TPSA) is 55.8 Å². The lowest BCUT2D eigenvalue weighted by atomic mass is 10.2. The van der Waals surface area contributed by atoms with Crippen LogP contribution in [0.5, 0.6) is 0 Å². The third-order valence-electron chi connectivity index (χ3n) is 2.91. The lowest BCUT2D eigenvalue weighted by molar-refractivity contribution is -0.153. The molecule has 0 aromatic rings. The largest absolute Gasteiger partial charge is 0.465 e. The number of likely N-dealkylation sites (tertiary alicyclic amines) is 1. The normalized spacial score (nSPS) is 23.4. The number of terminal acetylenes is 1. The second-order valence-electron chi connectivity index (χ2n) is 3.99. The van der Waals surface area contributed by atoms with Gasteiger partial charge in [0.15, 0.2) is 0 Å². The monoisotopic (exact) mass is 253 g/mol. The molecule has 100 valence electrons. The molecule has 0 aromatic carbocycles. The summed E-state index contributed by atoms with van der Waals surface area (Å²) < 4.78 is 9.98. The first-order chi connectivity index (χ1) is 8.65. The van der Waals surface area contributed by atoms with E-state index in [0.29, 0.717) is 26.1 Å². The van der Waals surface area contributed by atoms with E-state index in [2.05, 4.69) is 5.92 Å². The number of hydrogen-bond donors (Lipinski definition) is 0. The fourth-order valence-corrected chi connectivity index (χ4v) is 2.17. The van der Waals surface area contributed by atoms with Gasteiger partial charge in [-0.05, 0) is 26.7 Å². The van der Waals surface area contributed by atoms with Crippen LogP contribution in [0.15, 0.2) is 0 Å². The van der Waals surface area contributed by atoms with Crippen molar-refractivity contribution in [1.29, 1.82) is 0 Å². The maximum absolute atomic E-state index is 11.8. The summed E-state index contributed by atoms with van der Waals surface area (Å²) in [4.78, 5) is 25.2. The Kier molecular flexibility index (Phi) is 5.66. The summed E-state index contributed by atoms with van der Waals surface area (Å²) in [6.07, 6.45) is 6.43. The second kappa shape index (κ2) is 7.02. The molecule has 2 atom stereocenters. The predicted octanol–water partition coefficient (Wildman–Crippen LogP) is 0.579. The molecule has 1 aliphatic rings. The molecule has 1 aliphatic heterocycles. The van der Waals surface area contributed by atoms with E-state index in [-0.39, 0.29) is 18.5 Å². The van der Waals surface area contributed by atoms with Gasteiger partial charge in [-0.25, -0.2) is 0 Å². The third-order valence-corrected chi connectivity index (χ3v) is 2.91. The highest BCUT2D eigenvalue weighted by atomic mass is 16.5. The molecule has 0 saturated carbocycles.